The lowest BCUT2D eigenvalue weighted by Crippen LogP contribution is -2.40. The van der Waals surface area contributed by atoms with Crippen molar-refractivity contribution in [2.45, 2.75) is 45.3 Å². The van der Waals surface area contributed by atoms with Crippen LogP contribution < -0.4 is 15.4 Å². The lowest BCUT2D eigenvalue weighted by molar-refractivity contribution is -0.0553. The monoisotopic (exact) mass is 280 g/mol. The highest BCUT2D eigenvalue weighted by Gasteiger charge is 2.29. The molecule has 1 aliphatic rings. The summed E-state index contributed by atoms with van der Waals surface area (Å²) in [5, 5.41) is 6.64. The van der Waals surface area contributed by atoms with Crippen molar-refractivity contribution in [1.29, 1.82) is 0 Å². The van der Waals surface area contributed by atoms with Crippen molar-refractivity contribution in [1.82, 2.24) is 9.97 Å². The van der Waals surface area contributed by atoms with Gasteiger partial charge in [0.05, 0.1) is 12.7 Å². The van der Waals surface area contributed by atoms with Crippen LogP contribution in [0.5, 0.6) is 5.75 Å². The number of hydrogen-bond acceptors (Lipinski definition) is 6. The second-order valence-electron chi connectivity index (χ2n) is 5.58. The molecule has 6 nitrogen and oxygen atoms in total. The minimum atomic E-state index is -0.0965. The molecule has 1 fully saturated rings. The molecule has 112 valence electrons. The normalized spacial score (nSPS) is 21.3. The second-order valence-corrected chi connectivity index (χ2v) is 5.58. The molecule has 1 atom stereocenters. The molecule has 20 heavy (non-hydrogen) atoms. The van der Waals surface area contributed by atoms with Crippen molar-refractivity contribution in [2.24, 2.45) is 0 Å². The SMILES string of the molecule is CCNc1ncnc(NC2CCOC(C)(C)C2)c1OC. The molecule has 2 heterocycles. The smallest absolute Gasteiger partial charge is 0.204 e. The van der Waals surface area contributed by atoms with Gasteiger partial charge in [-0.3, -0.25) is 0 Å². The quantitative estimate of drug-likeness (QED) is 0.862. The van der Waals surface area contributed by atoms with Crippen molar-refractivity contribution in [3.8, 4) is 5.75 Å². The number of ether oxygens (including phenoxy) is 2. The van der Waals surface area contributed by atoms with Crippen LogP contribution in [0.2, 0.25) is 0 Å². The Bertz CT molecular complexity index is 451. The summed E-state index contributed by atoms with van der Waals surface area (Å²) in [6.45, 7) is 7.80. The van der Waals surface area contributed by atoms with Crippen LogP contribution in [0.3, 0.4) is 0 Å². The third kappa shape index (κ3) is 3.50. The highest BCUT2D eigenvalue weighted by Crippen LogP contribution is 2.32. The third-order valence-electron chi connectivity index (χ3n) is 3.39. The van der Waals surface area contributed by atoms with Crippen LogP contribution in [0.25, 0.3) is 0 Å². The predicted octanol–water partition coefficient (Wildman–Crippen LogP) is 2.29. The summed E-state index contributed by atoms with van der Waals surface area (Å²) in [5.41, 5.74) is -0.0965. The van der Waals surface area contributed by atoms with E-state index in [0.717, 1.165) is 37.6 Å². The van der Waals surface area contributed by atoms with Crippen LogP contribution in [-0.4, -0.2) is 41.9 Å². The molecule has 0 bridgehead atoms. The average molecular weight is 280 g/mol. The molecular formula is C14H24N4O2. The Morgan fingerprint density at radius 1 is 1.40 bits per heavy atom. The first kappa shape index (κ1) is 14.8. The Morgan fingerprint density at radius 2 is 2.15 bits per heavy atom. The van der Waals surface area contributed by atoms with Crippen molar-refractivity contribution in [3.05, 3.63) is 6.33 Å². The minimum Gasteiger partial charge on any atom is -0.490 e. The minimum absolute atomic E-state index is 0.0965. The summed E-state index contributed by atoms with van der Waals surface area (Å²) in [6.07, 6.45) is 3.46. The number of methoxy groups -OCH3 is 1. The van der Waals surface area contributed by atoms with Gasteiger partial charge >= 0.3 is 0 Å². The van der Waals surface area contributed by atoms with E-state index in [1.54, 1.807) is 13.4 Å². The molecule has 0 radical (unpaired) electrons. The molecule has 2 N–H and O–H groups in total. The molecule has 0 aliphatic carbocycles. The molecule has 1 aromatic heterocycles. The van der Waals surface area contributed by atoms with Gasteiger partial charge in [0.15, 0.2) is 11.6 Å². The van der Waals surface area contributed by atoms with Crippen molar-refractivity contribution >= 4 is 11.6 Å². The molecule has 0 spiro atoms. The topological polar surface area (TPSA) is 68.3 Å². The fourth-order valence-corrected chi connectivity index (χ4v) is 2.51. The fourth-order valence-electron chi connectivity index (χ4n) is 2.51. The third-order valence-corrected chi connectivity index (χ3v) is 3.39. The lowest BCUT2D eigenvalue weighted by Gasteiger charge is -2.36. The van der Waals surface area contributed by atoms with Crippen LogP contribution in [0.1, 0.15) is 33.6 Å². The molecular weight excluding hydrogens is 256 g/mol. The Balaban J connectivity index is 2.14. The van der Waals surface area contributed by atoms with Gasteiger partial charge in [-0.15, -0.1) is 0 Å². The zero-order valence-electron chi connectivity index (χ0n) is 12.7. The van der Waals surface area contributed by atoms with Crippen molar-refractivity contribution < 1.29 is 9.47 Å². The molecule has 1 unspecified atom stereocenters. The molecule has 6 heteroatoms. The van der Waals surface area contributed by atoms with Crippen LogP contribution in [0, 0.1) is 0 Å². The van der Waals surface area contributed by atoms with Gasteiger partial charge in [-0.25, -0.2) is 9.97 Å². The van der Waals surface area contributed by atoms with Crippen LogP contribution in [0.15, 0.2) is 6.33 Å². The predicted molar refractivity (Wildman–Crippen MR) is 79.4 cm³/mol. The van der Waals surface area contributed by atoms with Crippen molar-refractivity contribution in [2.75, 3.05) is 30.9 Å². The first-order chi connectivity index (χ1) is 9.55. The van der Waals surface area contributed by atoms with E-state index in [0.29, 0.717) is 11.8 Å². The van der Waals surface area contributed by atoms with E-state index in [1.807, 2.05) is 6.92 Å². The summed E-state index contributed by atoms with van der Waals surface area (Å²) < 4.78 is 11.2. The van der Waals surface area contributed by atoms with Gasteiger partial charge in [0, 0.05) is 19.2 Å². The van der Waals surface area contributed by atoms with E-state index in [4.69, 9.17) is 9.47 Å². The maximum atomic E-state index is 5.74. The standard InChI is InChI=1S/C14H24N4O2/c1-5-15-12-11(19-4)13(17-9-16-12)18-10-6-7-20-14(2,3)8-10/h9-10H,5-8H2,1-4H3,(H2,15,16,17,18). The summed E-state index contributed by atoms with van der Waals surface area (Å²) in [6, 6.07) is 0.331. The van der Waals surface area contributed by atoms with E-state index in [-0.39, 0.29) is 5.60 Å². The Labute approximate surface area is 120 Å². The molecule has 1 aliphatic heterocycles. The molecule has 0 amide bonds. The van der Waals surface area contributed by atoms with E-state index >= 15 is 0 Å². The van der Waals surface area contributed by atoms with E-state index in [2.05, 4.69) is 34.4 Å². The summed E-state index contributed by atoms with van der Waals surface area (Å²) in [5.74, 6) is 2.12. The Hall–Kier alpha value is -1.56. The first-order valence-electron chi connectivity index (χ1n) is 7.09. The van der Waals surface area contributed by atoms with E-state index in [9.17, 15) is 0 Å². The highest BCUT2D eigenvalue weighted by molar-refractivity contribution is 5.63. The largest absolute Gasteiger partial charge is 0.490 e. The number of anilines is 2. The van der Waals surface area contributed by atoms with E-state index in [1.165, 1.54) is 0 Å². The fraction of sp³-hybridized carbons (Fsp3) is 0.714. The number of rotatable bonds is 5. The Morgan fingerprint density at radius 3 is 2.80 bits per heavy atom. The van der Waals surface area contributed by atoms with Gasteiger partial charge in [-0.05, 0) is 33.6 Å². The maximum Gasteiger partial charge on any atom is 0.204 e. The highest BCUT2D eigenvalue weighted by atomic mass is 16.5. The van der Waals surface area contributed by atoms with Crippen LogP contribution in [-0.2, 0) is 4.74 Å². The van der Waals surface area contributed by atoms with Gasteiger partial charge in [-0.2, -0.15) is 0 Å². The number of nitrogens with zero attached hydrogens (tertiary/aromatic N) is 2. The number of aromatic nitrogens is 2. The molecule has 1 aromatic rings. The maximum absolute atomic E-state index is 5.74. The van der Waals surface area contributed by atoms with E-state index < -0.39 is 0 Å². The molecule has 0 saturated carbocycles. The summed E-state index contributed by atoms with van der Waals surface area (Å²) in [7, 11) is 1.64. The first-order valence-corrected chi connectivity index (χ1v) is 7.09. The second kappa shape index (κ2) is 6.26. The summed E-state index contributed by atoms with van der Waals surface area (Å²) >= 11 is 0. The van der Waals surface area contributed by atoms with Gasteiger partial charge in [-0.1, -0.05) is 0 Å². The number of hydrogen-bond donors (Lipinski definition) is 2. The van der Waals surface area contributed by atoms with Crippen molar-refractivity contribution in [3.63, 3.8) is 0 Å². The van der Waals surface area contributed by atoms with Gasteiger partial charge in [0.25, 0.3) is 0 Å². The summed E-state index contributed by atoms with van der Waals surface area (Å²) in [4.78, 5) is 8.52. The zero-order valence-corrected chi connectivity index (χ0v) is 12.7. The molecule has 2 rings (SSSR count). The Kier molecular flexibility index (Phi) is 4.65. The van der Waals surface area contributed by atoms with Gasteiger partial charge in [0.2, 0.25) is 5.75 Å². The zero-order chi connectivity index (χ0) is 14.6. The van der Waals surface area contributed by atoms with Crippen LogP contribution in [0.4, 0.5) is 11.6 Å². The lowest BCUT2D eigenvalue weighted by atomic mass is 9.94. The van der Waals surface area contributed by atoms with Gasteiger partial charge in [0.1, 0.15) is 6.33 Å². The molecule has 1 saturated heterocycles. The molecule has 0 aromatic carbocycles. The number of nitrogens with one attached hydrogen (secondary N) is 2. The van der Waals surface area contributed by atoms with Crippen LogP contribution >= 0.6 is 0 Å². The average Bonchev–Trinajstić information content (AvgIpc) is 2.38. The van der Waals surface area contributed by atoms with Gasteiger partial charge < -0.3 is 20.1 Å².